The van der Waals surface area contributed by atoms with E-state index in [9.17, 15) is 8.78 Å². The molecule has 0 unspecified atom stereocenters. The zero-order chi connectivity index (χ0) is 13.3. The first kappa shape index (κ1) is 12.8. The number of ether oxygens (including phenoxy) is 1. The van der Waals surface area contributed by atoms with Gasteiger partial charge in [-0.25, -0.2) is 13.8 Å². The Bertz CT molecular complexity index is 585. The highest BCUT2D eigenvalue weighted by molar-refractivity contribution is 9.10. The number of aromatic nitrogens is 1. The lowest BCUT2D eigenvalue weighted by Crippen LogP contribution is -1.97. The summed E-state index contributed by atoms with van der Waals surface area (Å²) >= 11 is 3.27. The van der Waals surface area contributed by atoms with Gasteiger partial charge in [0.1, 0.15) is 17.4 Å². The molecule has 0 atom stereocenters. The number of halogens is 3. The quantitative estimate of drug-likeness (QED) is 0.917. The molecule has 3 nitrogen and oxygen atoms in total. The van der Waals surface area contributed by atoms with Crippen molar-refractivity contribution in [2.75, 3.05) is 5.73 Å². The van der Waals surface area contributed by atoms with Crippen molar-refractivity contribution in [3.8, 4) is 11.6 Å². The zero-order valence-corrected chi connectivity index (χ0v) is 11.0. The van der Waals surface area contributed by atoms with E-state index in [1.54, 1.807) is 6.92 Å². The lowest BCUT2D eigenvalue weighted by molar-refractivity contribution is 0.448. The monoisotopic (exact) mass is 314 g/mol. The number of nitrogens with two attached hydrogens (primary N) is 1. The van der Waals surface area contributed by atoms with Crippen LogP contribution in [-0.4, -0.2) is 4.98 Å². The second-order valence-electron chi connectivity index (χ2n) is 3.66. The molecule has 18 heavy (non-hydrogen) atoms. The van der Waals surface area contributed by atoms with E-state index < -0.39 is 11.6 Å². The van der Waals surface area contributed by atoms with Crippen LogP contribution in [0, 0.1) is 18.6 Å². The van der Waals surface area contributed by atoms with E-state index in [2.05, 4.69) is 20.9 Å². The van der Waals surface area contributed by atoms with Crippen LogP contribution < -0.4 is 10.5 Å². The van der Waals surface area contributed by atoms with Gasteiger partial charge in [0.15, 0.2) is 0 Å². The van der Waals surface area contributed by atoms with Gasteiger partial charge in [-0.1, -0.05) is 0 Å². The largest absolute Gasteiger partial charge is 0.438 e. The molecule has 1 aromatic heterocycles. The third-order valence-electron chi connectivity index (χ3n) is 2.32. The highest BCUT2D eigenvalue weighted by atomic mass is 79.9. The Kier molecular flexibility index (Phi) is 3.47. The molecule has 0 saturated carbocycles. The van der Waals surface area contributed by atoms with E-state index in [-0.39, 0.29) is 11.6 Å². The summed E-state index contributed by atoms with van der Waals surface area (Å²) in [6.07, 6.45) is 1.42. The normalized spacial score (nSPS) is 10.4. The fourth-order valence-corrected chi connectivity index (χ4v) is 1.75. The lowest BCUT2D eigenvalue weighted by atomic mass is 10.2. The van der Waals surface area contributed by atoms with Crippen molar-refractivity contribution >= 4 is 21.6 Å². The molecule has 0 aliphatic rings. The Morgan fingerprint density at radius 3 is 2.44 bits per heavy atom. The second-order valence-corrected chi connectivity index (χ2v) is 4.46. The molecule has 1 heterocycles. The molecule has 6 heteroatoms. The molecule has 0 bridgehead atoms. The van der Waals surface area contributed by atoms with Crippen molar-refractivity contribution in [1.29, 1.82) is 0 Å². The van der Waals surface area contributed by atoms with Crippen LogP contribution in [0.1, 0.15) is 5.56 Å². The molecule has 2 rings (SSSR count). The van der Waals surface area contributed by atoms with Crippen LogP contribution in [0.3, 0.4) is 0 Å². The summed E-state index contributed by atoms with van der Waals surface area (Å²) in [5.74, 6) is -1.20. The Balaban J connectivity index is 2.37. The number of hydrogen-bond acceptors (Lipinski definition) is 3. The van der Waals surface area contributed by atoms with E-state index >= 15 is 0 Å². The molecule has 0 fully saturated rings. The molecule has 0 saturated heterocycles. The van der Waals surface area contributed by atoms with Gasteiger partial charge in [0, 0.05) is 18.2 Å². The standard InChI is InChI=1S/C12H9BrF2N2O/c1-6-10(16)5-17-12(11(6)13)18-9-3-7(14)2-8(15)4-9/h2-5H,16H2,1H3. The molecule has 0 aliphatic heterocycles. The number of nitrogens with zero attached hydrogens (tertiary/aromatic N) is 1. The van der Waals surface area contributed by atoms with Crippen molar-refractivity contribution < 1.29 is 13.5 Å². The van der Waals surface area contributed by atoms with Gasteiger partial charge in [-0.2, -0.15) is 0 Å². The maximum Gasteiger partial charge on any atom is 0.234 e. The van der Waals surface area contributed by atoms with Crippen molar-refractivity contribution in [3.05, 3.63) is 46.1 Å². The highest BCUT2D eigenvalue weighted by Gasteiger charge is 2.11. The Labute approximate surface area is 111 Å². The molecule has 0 radical (unpaired) electrons. The number of nitrogen functional groups attached to an aromatic ring is 1. The molecule has 2 N–H and O–H groups in total. The van der Waals surface area contributed by atoms with E-state index in [0.717, 1.165) is 23.8 Å². The molecule has 0 amide bonds. The van der Waals surface area contributed by atoms with Crippen molar-refractivity contribution in [2.45, 2.75) is 6.92 Å². The molecule has 2 aromatic rings. The van der Waals surface area contributed by atoms with Crippen LogP contribution in [0.25, 0.3) is 0 Å². The predicted octanol–water partition coefficient (Wildman–Crippen LogP) is 3.81. The van der Waals surface area contributed by atoms with E-state index in [0.29, 0.717) is 10.2 Å². The van der Waals surface area contributed by atoms with Gasteiger partial charge in [0.2, 0.25) is 5.88 Å². The minimum absolute atomic E-state index is 0.0323. The van der Waals surface area contributed by atoms with Crippen LogP contribution in [-0.2, 0) is 0 Å². The van der Waals surface area contributed by atoms with Gasteiger partial charge in [0.05, 0.1) is 16.4 Å². The summed E-state index contributed by atoms with van der Waals surface area (Å²) in [5.41, 5.74) is 6.91. The second kappa shape index (κ2) is 4.89. The smallest absolute Gasteiger partial charge is 0.234 e. The molecular weight excluding hydrogens is 306 g/mol. The summed E-state index contributed by atoms with van der Waals surface area (Å²) < 4.78 is 31.9. The van der Waals surface area contributed by atoms with Gasteiger partial charge in [-0.15, -0.1) is 0 Å². The number of rotatable bonds is 2. The molecular formula is C12H9BrF2N2O. The maximum absolute atomic E-state index is 13.0. The number of pyridine rings is 1. The highest BCUT2D eigenvalue weighted by Crippen LogP contribution is 2.32. The third-order valence-corrected chi connectivity index (χ3v) is 3.26. The average Bonchev–Trinajstić information content (AvgIpc) is 2.29. The predicted molar refractivity (Wildman–Crippen MR) is 67.5 cm³/mol. The summed E-state index contributed by atoms with van der Waals surface area (Å²) in [6, 6.07) is 2.91. The third kappa shape index (κ3) is 2.59. The van der Waals surface area contributed by atoms with Crippen LogP contribution >= 0.6 is 15.9 Å². The first-order chi connectivity index (χ1) is 8.47. The first-order valence-electron chi connectivity index (χ1n) is 5.02. The fourth-order valence-electron chi connectivity index (χ4n) is 1.34. The summed E-state index contributed by atoms with van der Waals surface area (Å²) in [7, 11) is 0. The summed E-state index contributed by atoms with van der Waals surface area (Å²) in [5, 5.41) is 0. The summed E-state index contributed by atoms with van der Waals surface area (Å²) in [6.45, 7) is 1.78. The number of hydrogen-bond donors (Lipinski definition) is 1. The van der Waals surface area contributed by atoms with Crippen LogP contribution in [0.4, 0.5) is 14.5 Å². The van der Waals surface area contributed by atoms with Gasteiger partial charge >= 0.3 is 0 Å². The van der Waals surface area contributed by atoms with E-state index in [1.807, 2.05) is 0 Å². The zero-order valence-electron chi connectivity index (χ0n) is 9.38. The van der Waals surface area contributed by atoms with Crippen molar-refractivity contribution in [3.63, 3.8) is 0 Å². The Morgan fingerprint density at radius 2 is 1.83 bits per heavy atom. The fraction of sp³-hybridized carbons (Fsp3) is 0.0833. The van der Waals surface area contributed by atoms with Crippen LogP contribution in [0.5, 0.6) is 11.6 Å². The van der Waals surface area contributed by atoms with Gasteiger partial charge in [-0.3, -0.25) is 0 Å². The number of benzene rings is 1. The van der Waals surface area contributed by atoms with Gasteiger partial charge < -0.3 is 10.5 Å². The minimum Gasteiger partial charge on any atom is -0.438 e. The topological polar surface area (TPSA) is 48.1 Å². The first-order valence-corrected chi connectivity index (χ1v) is 5.81. The Morgan fingerprint density at radius 1 is 1.22 bits per heavy atom. The lowest BCUT2D eigenvalue weighted by Gasteiger charge is -2.10. The molecule has 0 spiro atoms. The molecule has 0 aliphatic carbocycles. The average molecular weight is 315 g/mol. The Hall–Kier alpha value is -1.69. The molecule has 1 aromatic carbocycles. The van der Waals surface area contributed by atoms with Crippen molar-refractivity contribution in [1.82, 2.24) is 4.98 Å². The maximum atomic E-state index is 13.0. The van der Waals surface area contributed by atoms with E-state index in [1.165, 1.54) is 6.20 Å². The molecule has 94 valence electrons. The van der Waals surface area contributed by atoms with Gasteiger partial charge in [0.25, 0.3) is 0 Å². The van der Waals surface area contributed by atoms with Crippen LogP contribution in [0.2, 0.25) is 0 Å². The summed E-state index contributed by atoms with van der Waals surface area (Å²) in [4.78, 5) is 3.95. The van der Waals surface area contributed by atoms with E-state index in [4.69, 9.17) is 10.5 Å². The SMILES string of the molecule is Cc1c(N)cnc(Oc2cc(F)cc(F)c2)c1Br. The van der Waals surface area contributed by atoms with Crippen molar-refractivity contribution in [2.24, 2.45) is 0 Å². The number of anilines is 1. The minimum atomic E-state index is -0.715. The van der Waals surface area contributed by atoms with Crippen LogP contribution in [0.15, 0.2) is 28.9 Å². The van der Waals surface area contributed by atoms with Gasteiger partial charge in [-0.05, 0) is 28.4 Å².